The normalized spacial score (nSPS) is 37.4. The highest BCUT2D eigenvalue weighted by atomic mass is 14.6. The van der Waals surface area contributed by atoms with E-state index in [0.717, 1.165) is 12.3 Å². The van der Waals surface area contributed by atoms with E-state index >= 15 is 0 Å². The third-order valence-electron chi connectivity index (χ3n) is 6.32. The van der Waals surface area contributed by atoms with E-state index in [1.807, 2.05) is 6.08 Å². The molecule has 2 aliphatic rings. The monoisotopic (exact) mass is 272 g/mol. The van der Waals surface area contributed by atoms with Crippen LogP contribution in [0.25, 0.3) is 0 Å². The third-order valence-corrected chi connectivity index (χ3v) is 6.32. The predicted octanol–water partition coefficient (Wildman–Crippen LogP) is 6.31. The second-order valence-electron chi connectivity index (χ2n) is 8.04. The SMILES string of the molecule is C=C/C(C)=C\C[C@H]1C(=C)CC[C@H]2C(C)(C)CCC[C@]12C. The molecule has 0 nitrogen and oxygen atoms in total. The van der Waals surface area contributed by atoms with Gasteiger partial charge in [-0.25, -0.2) is 0 Å². The fourth-order valence-corrected chi connectivity index (χ4v) is 5.10. The maximum Gasteiger partial charge on any atom is -0.0114 e. The van der Waals surface area contributed by atoms with Crippen molar-refractivity contribution >= 4 is 0 Å². The molecule has 0 saturated heterocycles. The summed E-state index contributed by atoms with van der Waals surface area (Å²) in [5, 5.41) is 0. The molecule has 2 saturated carbocycles. The first-order valence-corrected chi connectivity index (χ1v) is 8.28. The molecule has 0 amide bonds. The van der Waals surface area contributed by atoms with Gasteiger partial charge in [0.05, 0.1) is 0 Å². The molecule has 2 aliphatic carbocycles. The number of rotatable bonds is 3. The third kappa shape index (κ3) is 2.67. The van der Waals surface area contributed by atoms with E-state index in [2.05, 4.69) is 46.9 Å². The lowest BCUT2D eigenvalue weighted by atomic mass is 9.47. The first-order chi connectivity index (χ1) is 9.31. The smallest absolute Gasteiger partial charge is 0.0114 e. The maximum atomic E-state index is 4.43. The highest BCUT2D eigenvalue weighted by Crippen LogP contribution is 2.61. The van der Waals surface area contributed by atoms with Gasteiger partial charge in [0.2, 0.25) is 0 Å². The fraction of sp³-hybridized carbons (Fsp3) is 0.700. The van der Waals surface area contributed by atoms with Crippen LogP contribution in [0.4, 0.5) is 0 Å². The minimum Gasteiger partial charge on any atom is -0.0995 e. The van der Waals surface area contributed by atoms with Crippen molar-refractivity contribution in [2.45, 2.75) is 66.2 Å². The molecule has 0 aliphatic heterocycles. The summed E-state index contributed by atoms with van der Waals surface area (Å²) in [7, 11) is 0. The fourth-order valence-electron chi connectivity index (χ4n) is 5.10. The van der Waals surface area contributed by atoms with E-state index in [4.69, 9.17) is 0 Å². The van der Waals surface area contributed by atoms with Crippen LogP contribution < -0.4 is 0 Å². The Hall–Kier alpha value is -0.780. The average Bonchev–Trinajstić information content (AvgIpc) is 2.36. The topological polar surface area (TPSA) is 0 Å². The summed E-state index contributed by atoms with van der Waals surface area (Å²) >= 11 is 0. The van der Waals surface area contributed by atoms with Gasteiger partial charge in [0.1, 0.15) is 0 Å². The summed E-state index contributed by atoms with van der Waals surface area (Å²) in [6.07, 6.45) is 12.2. The van der Waals surface area contributed by atoms with Crippen LogP contribution >= 0.6 is 0 Å². The van der Waals surface area contributed by atoms with E-state index < -0.39 is 0 Å². The summed E-state index contributed by atoms with van der Waals surface area (Å²) in [4.78, 5) is 0. The maximum absolute atomic E-state index is 4.43. The predicted molar refractivity (Wildman–Crippen MR) is 89.7 cm³/mol. The van der Waals surface area contributed by atoms with E-state index in [1.54, 1.807) is 0 Å². The van der Waals surface area contributed by atoms with E-state index in [0.29, 0.717) is 16.7 Å². The van der Waals surface area contributed by atoms with Crippen molar-refractivity contribution in [1.82, 2.24) is 0 Å². The zero-order chi connectivity index (χ0) is 15.0. The molecular weight excluding hydrogens is 240 g/mol. The summed E-state index contributed by atoms with van der Waals surface area (Å²) in [6, 6.07) is 0. The number of hydrogen-bond acceptors (Lipinski definition) is 0. The van der Waals surface area contributed by atoms with E-state index in [1.165, 1.54) is 43.3 Å². The van der Waals surface area contributed by atoms with Crippen molar-refractivity contribution in [3.05, 3.63) is 36.5 Å². The van der Waals surface area contributed by atoms with E-state index in [-0.39, 0.29) is 0 Å². The number of allylic oxidation sites excluding steroid dienone is 4. The molecule has 0 bridgehead atoms. The standard InChI is InChI=1S/C20H32/c1-7-15(2)9-11-17-16(3)10-12-18-19(4,5)13-8-14-20(17,18)6/h7,9,17-18H,1,3,8,10-14H2,2,4-6H3/b15-9-/t17-,18-,20+/m0/s1. The quantitative estimate of drug-likeness (QED) is 0.417. The van der Waals surface area contributed by atoms with Gasteiger partial charge in [-0.1, -0.05) is 63.6 Å². The molecule has 0 aromatic heterocycles. The van der Waals surface area contributed by atoms with Crippen molar-refractivity contribution < 1.29 is 0 Å². The molecule has 0 unspecified atom stereocenters. The lowest BCUT2D eigenvalue weighted by Crippen LogP contribution is -2.49. The highest BCUT2D eigenvalue weighted by molar-refractivity contribution is 5.20. The van der Waals surface area contributed by atoms with Crippen LogP contribution in [-0.4, -0.2) is 0 Å². The molecule has 2 rings (SSSR count). The van der Waals surface area contributed by atoms with Crippen LogP contribution in [-0.2, 0) is 0 Å². The molecular formula is C20H32. The van der Waals surface area contributed by atoms with Gasteiger partial charge in [-0.05, 0) is 61.7 Å². The Bertz CT molecular complexity index is 423. The molecule has 0 spiro atoms. The lowest BCUT2D eigenvalue weighted by molar-refractivity contribution is -0.0510. The summed E-state index contributed by atoms with van der Waals surface area (Å²) in [6.45, 7) is 18.0. The van der Waals surface area contributed by atoms with Gasteiger partial charge in [-0.3, -0.25) is 0 Å². The van der Waals surface area contributed by atoms with Crippen LogP contribution in [0.2, 0.25) is 0 Å². The highest BCUT2D eigenvalue weighted by Gasteiger charge is 2.52. The Labute approximate surface area is 126 Å². The second-order valence-corrected chi connectivity index (χ2v) is 8.04. The Morgan fingerprint density at radius 3 is 2.65 bits per heavy atom. The molecule has 112 valence electrons. The molecule has 0 aromatic carbocycles. The van der Waals surface area contributed by atoms with Gasteiger partial charge in [-0.2, -0.15) is 0 Å². The number of fused-ring (bicyclic) bond motifs is 1. The van der Waals surface area contributed by atoms with Gasteiger partial charge < -0.3 is 0 Å². The van der Waals surface area contributed by atoms with Crippen LogP contribution in [0, 0.1) is 22.7 Å². The first kappa shape index (κ1) is 15.6. The number of hydrogen-bond donors (Lipinski definition) is 0. The Balaban J connectivity index is 2.28. The minimum atomic E-state index is 0.453. The average molecular weight is 272 g/mol. The van der Waals surface area contributed by atoms with Gasteiger partial charge in [-0.15, -0.1) is 0 Å². The van der Waals surface area contributed by atoms with E-state index in [9.17, 15) is 0 Å². The minimum absolute atomic E-state index is 0.453. The van der Waals surface area contributed by atoms with Gasteiger partial charge in [0, 0.05) is 0 Å². The molecule has 0 radical (unpaired) electrons. The molecule has 0 aromatic rings. The Morgan fingerprint density at radius 2 is 2.00 bits per heavy atom. The van der Waals surface area contributed by atoms with Gasteiger partial charge >= 0.3 is 0 Å². The molecule has 20 heavy (non-hydrogen) atoms. The van der Waals surface area contributed by atoms with Crippen molar-refractivity contribution in [2.75, 3.05) is 0 Å². The second kappa shape index (κ2) is 5.54. The molecule has 2 fully saturated rings. The first-order valence-electron chi connectivity index (χ1n) is 8.28. The van der Waals surface area contributed by atoms with Crippen molar-refractivity contribution in [2.24, 2.45) is 22.7 Å². The Kier molecular flexibility index (Phi) is 4.33. The Morgan fingerprint density at radius 1 is 1.30 bits per heavy atom. The van der Waals surface area contributed by atoms with Gasteiger partial charge in [0.15, 0.2) is 0 Å². The van der Waals surface area contributed by atoms with Crippen molar-refractivity contribution in [1.29, 1.82) is 0 Å². The summed E-state index contributed by atoms with van der Waals surface area (Å²) in [5.41, 5.74) is 3.76. The zero-order valence-corrected chi connectivity index (χ0v) is 14.0. The summed E-state index contributed by atoms with van der Waals surface area (Å²) in [5.74, 6) is 1.52. The van der Waals surface area contributed by atoms with Crippen molar-refractivity contribution in [3.8, 4) is 0 Å². The lowest BCUT2D eigenvalue weighted by Gasteiger charge is -2.58. The van der Waals surface area contributed by atoms with Gasteiger partial charge in [0.25, 0.3) is 0 Å². The van der Waals surface area contributed by atoms with Crippen LogP contribution in [0.3, 0.4) is 0 Å². The molecule has 0 heterocycles. The van der Waals surface area contributed by atoms with Crippen LogP contribution in [0.1, 0.15) is 66.2 Å². The largest absolute Gasteiger partial charge is 0.0995 e. The summed E-state index contributed by atoms with van der Waals surface area (Å²) < 4.78 is 0. The van der Waals surface area contributed by atoms with Crippen LogP contribution in [0.5, 0.6) is 0 Å². The zero-order valence-electron chi connectivity index (χ0n) is 14.0. The molecule has 3 atom stereocenters. The van der Waals surface area contributed by atoms with Crippen LogP contribution in [0.15, 0.2) is 36.5 Å². The van der Waals surface area contributed by atoms with Crippen molar-refractivity contribution in [3.63, 3.8) is 0 Å². The molecule has 0 N–H and O–H groups in total. The molecule has 0 heteroatoms.